The molecule has 1 aromatic carbocycles. The third-order valence-corrected chi connectivity index (χ3v) is 8.11. The van der Waals surface area contributed by atoms with E-state index >= 15 is 0 Å². The summed E-state index contributed by atoms with van der Waals surface area (Å²) in [7, 11) is 2.06. The predicted molar refractivity (Wildman–Crippen MR) is 132 cm³/mol. The van der Waals surface area contributed by atoms with Crippen molar-refractivity contribution in [2.24, 2.45) is 5.92 Å². The number of halogens is 1. The Hall–Kier alpha value is -2.46. The molecule has 2 aromatic heterocycles. The van der Waals surface area contributed by atoms with Gasteiger partial charge in [0, 0.05) is 59.0 Å². The van der Waals surface area contributed by atoms with Gasteiger partial charge in [-0.15, -0.1) is 11.3 Å². The number of carbonyl (C=O) groups is 2. The van der Waals surface area contributed by atoms with Gasteiger partial charge >= 0.3 is 0 Å². The van der Waals surface area contributed by atoms with Crippen LogP contribution in [0.5, 0.6) is 0 Å². The number of H-pyrrole nitrogens is 1. The van der Waals surface area contributed by atoms with E-state index < -0.39 is 0 Å². The average Bonchev–Trinajstić information content (AvgIpc) is 3.43. The van der Waals surface area contributed by atoms with E-state index in [0.717, 1.165) is 47.4 Å². The summed E-state index contributed by atoms with van der Waals surface area (Å²) in [5.74, 6) is -0.358. The maximum Gasteiger partial charge on any atom is 0.280 e. The van der Waals surface area contributed by atoms with Gasteiger partial charge in [-0.2, -0.15) is 0 Å². The summed E-state index contributed by atoms with van der Waals surface area (Å²) in [6.07, 6.45) is 2.91. The van der Waals surface area contributed by atoms with E-state index in [0.29, 0.717) is 28.6 Å². The normalized spacial score (nSPS) is 23.0. The highest BCUT2D eigenvalue weighted by atomic mass is 35.5. The summed E-state index contributed by atoms with van der Waals surface area (Å²) >= 11 is 7.51. The first-order valence-corrected chi connectivity index (χ1v) is 12.8. The Kier molecular flexibility index (Phi) is 6.61. The van der Waals surface area contributed by atoms with E-state index in [9.17, 15) is 14.7 Å². The number of fused-ring (bicyclic) bond motifs is 2. The Morgan fingerprint density at radius 3 is 2.88 bits per heavy atom. The van der Waals surface area contributed by atoms with Crippen LogP contribution in [0.3, 0.4) is 0 Å². The number of likely N-dealkylation sites (N-methyl/N-ethyl adjacent to an activating group) is 1. The van der Waals surface area contributed by atoms with Crippen molar-refractivity contribution in [3.05, 3.63) is 50.6 Å². The minimum Gasteiger partial charge on any atom is -0.396 e. The van der Waals surface area contributed by atoms with E-state index in [1.165, 1.54) is 11.3 Å². The van der Waals surface area contributed by atoms with Gasteiger partial charge in [-0.05, 0) is 56.5 Å². The molecule has 0 unspecified atom stereocenters. The van der Waals surface area contributed by atoms with Crippen molar-refractivity contribution in [1.82, 2.24) is 25.5 Å². The zero-order valence-electron chi connectivity index (χ0n) is 18.9. The number of benzene rings is 1. The summed E-state index contributed by atoms with van der Waals surface area (Å²) in [5, 5.41) is 17.8. The number of rotatable bonds is 5. The summed E-state index contributed by atoms with van der Waals surface area (Å²) in [6.45, 7) is 1.81. The summed E-state index contributed by atoms with van der Waals surface area (Å²) in [4.78, 5) is 37.2. The lowest BCUT2D eigenvalue weighted by molar-refractivity contribution is 0.0815. The van der Waals surface area contributed by atoms with Gasteiger partial charge in [0.15, 0.2) is 5.01 Å². The fourth-order valence-corrected chi connectivity index (χ4v) is 6.15. The molecule has 1 aliphatic carbocycles. The minimum atomic E-state index is -0.287. The molecule has 8 nitrogen and oxygen atoms in total. The van der Waals surface area contributed by atoms with Gasteiger partial charge in [-0.3, -0.25) is 9.59 Å². The molecule has 1 saturated carbocycles. The third-order valence-electron chi connectivity index (χ3n) is 6.79. The number of nitrogens with zero attached hydrogens (tertiary/aromatic N) is 2. The van der Waals surface area contributed by atoms with Crippen LogP contribution in [-0.4, -0.2) is 64.1 Å². The molecular formula is C24H28ClN5O3S. The van der Waals surface area contributed by atoms with E-state index in [1.54, 1.807) is 12.1 Å². The fraction of sp³-hybridized carbons (Fsp3) is 0.458. The number of hydrogen-bond acceptors (Lipinski definition) is 6. The Morgan fingerprint density at radius 2 is 2.06 bits per heavy atom. The molecule has 34 heavy (non-hydrogen) atoms. The highest BCUT2D eigenvalue weighted by molar-refractivity contribution is 7.13. The van der Waals surface area contributed by atoms with E-state index in [1.807, 2.05) is 12.1 Å². The molecule has 1 fully saturated rings. The number of thiazole rings is 1. The van der Waals surface area contributed by atoms with Gasteiger partial charge in [-0.1, -0.05) is 11.6 Å². The molecule has 4 N–H and O–H groups in total. The van der Waals surface area contributed by atoms with E-state index in [4.69, 9.17) is 11.6 Å². The van der Waals surface area contributed by atoms with Gasteiger partial charge < -0.3 is 25.6 Å². The largest absolute Gasteiger partial charge is 0.396 e. The highest BCUT2D eigenvalue weighted by Gasteiger charge is 2.34. The number of aliphatic hydroxyl groups is 1. The first-order chi connectivity index (χ1) is 16.4. The second kappa shape index (κ2) is 9.65. The molecule has 3 atom stereocenters. The van der Waals surface area contributed by atoms with Crippen LogP contribution in [0.2, 0.25) is 5.02 Å². The van der Waals surface area contributed by atoms with Crippen molar-refractivity contribution >= 4 is 45.7 Å². The van der Waals surface area contributed by atoms with Gasteiger partial charge in [-0.25, -0.2) is 4.98 Å². The number of carbonyl (C=O) groups excluding carboxylic acids is 2. The molecule has 10 heteroatoms. The lowest BCUT2D eigenvalue weighted by atomic mass is 9.82. The van der Waals surface area contributed by atoms with Crippen LogP contribution in [0.25, 0.3) is 10.9 Å². The van der Waals surface area contributed by atoms with Gasteiger partial charge in [0.1, 0.15) is 5.69 Å². The van der Waals surface area contributed by atoms with Crippen molar-refractivity contribution < 1.29 is 14.7 Å². The molecule has 0 bridgehead atoms. The summed E-state index contributed by atoms with van der Waals surface area (Å²) < 4.78 is 0. The van der Waals surface area contributed by atoms with Crippen LogP contribution in [0.1, 0.15) is 50.1 Å². The SMILES string of the molecule is CN1CCc2nc(C(=O)N[C@@H]3C[C@@H](CO)CC[C@H]3NC(=O)c3cc4cc(Cl)ccc4[nH]3)sc2C1. The number of hydrogen-bond donors (Lipinski definition) is 4. The molecule has 5 rings (SSSR count). The van der Waals surface area contributed by atoms with Crippen LogP contribution in [0.4, 0.5) is 0 Å². The quantitative estimate of drug-likeness (QED) is 0.429. The maximum atomic E-state index is 13.1. The number of aromatic nitrogens is 2. The summed E-state index contributed by atoms with van der Waals surface area (Å²) in [5.41, 5.74) is 2.29. The Balaban J connectivity index is 1.30. The zero-order valence-corrected chi connectivity index (χ0v) is 20.5. The Morgan fingerprint density at radius 1 is 1.24 bits per heavy atom. The first-order valence-electron chi connectivity index (χ1n) is 11.6. The predicted octanol–water partition coefficient (Wildman–Crippen LogP) is 2.96. The van der Waals surface area contributed by atoms with Crippen LogP contribution in [0, 0.1) is 5.92 Å². The van der Waals surface area contributed by atoms with Gasteiger partial charge in [0.25, 0.3) is 11.8 Å². The number of aliphatic hydroxyl groups excluding tert-OH is 1. The van der Waals surface area contributed by atoms with Gasteiger partial charge in [0.2, 0.25) is 0 Å². The monoisotopic (exact) mass is 501 g/mol. The van der Waals surface area contributed by atoms with Crippen molar-refractivity contribution in [3.8, 4) is 0 Å². The molecule has 3 heterocycles. The molecule has 0 radical (unpaired) electrons. The topological polar surface area (TPSA) is 110 Å². The molecule has 2 amide bonds. The minimum absolute atomic E-state index is 0.0632. The third kappa shape index (κ3) is 4.84. The van der Waals surface area contributed by atoms with E-state index in [-0.39, 0.29) is 36.4 Å². The second-order valence-electron chi connectivity index (χ2n) is 9.31. The van der Waals surface area contributed by atoms with Gasteiger partial charge in [0.05, 0.1) is 5.69 Å². The Labute approximate surface area is 206 Å². The lowest BCUT2D eigenvalue weighted by Crippen LogP contribution is -2.55. The van der Waals surface area contributed by atoms with Crippen LogP contribution < -0.4 is 10.6 Å². The first kappa shape index (κ1) is 23.3. The smallest absolute Gasteiger partial charge is 0.280 e. The van der Waals surface area contributed by atoms with Crippen molar-refractivity contribution in [2.45, 2.75) is 44.3 Å². The number of nitrogens with one attached hydrogen (secondary N) is 3. The zero-order chi connectivity index (χ0) is 23.8. The molecule has 2 aliphatic rings. The standard InChI is InChI=1S/C24H28ClN5O3S/c1-30-7-6-18-21(11-30)34-24(29-18)23(33)28-19-8-13(12-31)2-4-17(19)27-22(32)20-10-14-9-15(25)3-5-16(14)26-20/h3,5,9-10,13,17,19,26,31H,2,4,6-8,11-12H2,1H3,(H,27,32)(H,28,33)/t13-,17+,19+/m0/s1. The maximum absolute atomic E-state index is 13.1. The lowest BCUT2D eigenvalue weighted by Gasteiger charge is -2.36. The van der Waals surface area contributed by atoms with Crippen LogP contribution in [0.15, 0.2) is 24.3 Å². The van der Waals surface area contributed by atoms with Crippen molar-refractivity contribution in [2.75, 3.05) is 20.2 Å². The second-order valence-corrected chi connectivity index (χ2v) is 10.8. The Bertz CT molecular complexity index is 1220. The average molecular weight is 502 g/mol. The molecule has 180 valence electrons. The molecule has 3 aromatic rings. The van der Waals surface area contributed by atoms with Crippen molar-refractivity contribution in [1.29, 1.82) is 0 Å². The number of aromatic amines is 1. The molecular weight excluding hydrogens is 474 g/mol. The van der Waals surface area contributed by atoms with Crippen molar-refractivity contribution in [3.63, 3.8) is 0 Å². The summed E-state index contributed by atoms with van der Waals surface area (Å²) in [6, 6.07) is 6.68. The molecule has 0 spiro atoms. The molecule has 0 saturated heterocycles. The molecule has 1 aliphatic heterocycles. The highest BCUT2D eigenvalue weighted by Crippen LogP contribution is 2.28. The number of amides is 2. The van der Waals surface area contributed by atoms with E-state index in [2.05, 4.69) is 32.5 Å². The van der Waals surface area contributed by atoms with Crippen LogP contribution >= 0.6 is 22.9 Å². The fourth-order valence-electron chi connectivity index (χ4n) is 4.88. The van der Waals surface area contributed by atoms with Crippen LogP contribution in [-0.2, 0) is 13.0 Å².